The van der Waals surface area contributed by atoms with Gasteiger partial charge in [-0.25, -0.2) is 9.69 Å². The second-order valence-electron chi connectivity index (χ2n) is 7.57. The topological polar surface area (TPSA) is 89.0 Å². The van der Waals surface area contributed by atoms with Crippen LogP contribution >= 0.6 is 0 Å². The zero-order valence-electron chi connectivity index (χ0n) is 17.1. The lowest BCUT2D eigenvalue weighted by Gasteiger charge is -2.27. The summed E-state index contributed by atoms with van der Waals surface area (Å²) in [5.74, 6) is -0.0869. The summed E-state index contributed by atoms with van der Waals surface area (Å²) < 4.78 is 11.3. The Morgan fingerprint density at radius 2 is 1.59 bits per heavy atom. The fraction of sp³-hybridized carbons (Fsp3) is 0.409. The molecule has 1 aromatic carbocycles. The van der Waals surface area contributed by atoms with Gasteiger partial charge in [-0.1, -0.05) is 0 Å². The molecule has 1 N–H and O–H groups in total. The standard InChI is InChI=1S/C22H28N2O5/c1-22(2,3)29-21(27)24(18-12-14-23-15-13-18)17-8-10-19(11-9-17)28-16-6-4-5-7-20(25)26/h8-15H,4-7,16H2,1-3H3,(H,25,26). The van der Waals surface area contributed by atoms with E-state index in [-0.39, 0.29) is 6.42 Å². The third kappa shape index (κ3) is 7.81. The van der Waals surface area contributed by atoms with Gasteiger partial charge in [0.2, 0.25) is 0 Å². The van der Waals surface area contributed by atoms with E-state index in [0.29, 0.717) is 30.2 Å². The van der Waals surface area contributed by atoms with Crippen LogP contribution in [0.5, 0.6) is 5.75 Å². The highest BCUT2D eigenvalue weighted by molar-refractivity contribution is 5.96. The maximum Gasteiger partial charge on any atom is 0.419 e. The largest absolute Gasteiger partial charge is 0.494 e. The van der Waals surface area contributed by atoms with Crippen molar-refractivity contribution in [1.82, 2.24) is 4.98 Å². The molecule has 0 aliphatic heterocycles. The summed E-state index contributed by atoms with van der Waals surface area (Å²) in [5.41, 5.74) is 0.687. The van der Waals surface area contributed by atoms with Crippen molar-refractivity contribution in [2.75, 3.05) is 11.5 Å². The quantitative estimate of drug-likeness (QED) is 0.584. The van der Waals surface area contributed by atoms with Gasteiger partial charge < -0.3 is 14.6 Å². The normalized spacial score (nSPS) is 11.0. The summed E-state index contributed by atoms with van der Waals surface area (Å²) in [6, 6.07) is 10.7. The van der Waals surface area contributed by atoms with E-state index in [4.69, 9.17) is 14.6 Å². The predicted octanol–water partition coefficient (Wildman–Crippen LogP) is 5.18. The van der Waals surface area contributed by atoms with Crippen LogP contribution in [0.2, 0.25) is 0 Å². The zero-order chi connectivity index (χ0) is 21.3. The Morgan fingerprint density at radius 3 is 2.17 bits per heavy atom. The molecule has 0 saturated carbocycles. The van der Waals surface area contributed by atoms with Crippen molar-refractivity contribution in [3.8, 4) is 5.75 Å². The highest BCUT2D eigenvalue weighted by Crippen LogP contribution is 2.29. The summed E-state index contributed by atoms with van der Waals surface area (Å²) in [7, 11) is 0. The first kappa shape index (κ1) is 22.2. The molecule has 0 saturated heterocycles. The summed E-state index contributed by atoms with van der Waals surface area (Å²) in [6.45, 7) is 5.98. The monoisotopic (exact) mass is 400 g/mol. The minimum Gasteiger partial charge on any atom is -0.494 e. The number of unbranched alkanes of at least 4 members (excludes halogenated alkanes) is 2. The van der Waals surface area contributed by atoms with Crippen LogP contribution in [0, 0.1) is 0 Å². The Balaban J connectivity index is 2.02. The lowest BCUT2D eigenvalue weighted by atomic mass is 10.2. The first-order valence-electron chi connectivity index (χ1n) is 9.64. The van der Waals surface area contributed by atoms with Crippen molar-refractivity contribution < 1.29 is 24.2 Å². The fourth-order valence-corrected chi connectivity index (χ4v) is 2.60. The molecule has 0 atom stereocenters. The minimum atomic E-state index is -0.773. The van der Waals surface area contributed by atoms with Crippen LogP contribution in [0.15, 0.2) is 48.8 Å². The number of aromatic nitrogens is 1. The maximum atomic E-state index is 12.8. The van der Waals surface area contributed by atoms with Crippen molar-refractivity contribution >= 4 is 23.4 Å². The number of carbonyl (C=O) groups is 2. The molecule has 0 bridgehead atoms. The molecule has 0 aliphatic carbocycles. The van der Waals surface area contributed by atoms with Crippen LogP contribution in [-0.4, -0.2) is 34.4 Å². The number of hydrogen-bond donors (Lipinski definition) is 1. The van der Waals surface area contributed by atoms with Gasteiger partial charge in [0.1, 0.15) is 11.4 Å². The number of amides is 1. The number of carboxylic acids is 1. The van der Waals surface area contributed by atoms with Crippen molar-refractivity contribution in [2.24, 2.45) is 0 Å². The first-order valence-corrected chi connectivity index (χ1v) is 9.64. The smallest absolute Gasteiger partial charge is 0.419 e. The molecule has 2 rings (SSSR count). The molecular weight excluding hydrogens is 372 g/mol. The Bertz CT molecular complexity index is 785. The van der Waals surface area contributed by atoms with E-state index in [1.165, 1.54) is 4.90 Å². The zero-order valence-corrected chi connectivity index (χ0v) is 17.1. The van der Waals surface area contributed by atoms with Gasteiger partial charge in [0, 0.05) is 18.8 Å². The number of pyridine rings is 1. The fourth-order valence-electron chi connectivity index (χ4n) is 2.60. The van der Waals surface area contributed by atoms with Crippen molar-refractivity contribution in [3.63, 3.8) is 0 Å². The van der Waals surface area contributed by atoms with Gasteiger partial charge in [-0.3, -0.25) is 9.78 Å². The molecule has 0 unspecified atom stereocenters. The molecule has 0 fully saturated rings. The Hall–Kier alpha value is -3.09. The van der Waals surface area contributed by atoms with Gasteiger partial charge >= 0.3 is 12.1 Å². The number of ether oxygens (including phenoxy) is 2. The SMILES string of the molecule is CC(C)(C)OC(=O)N(c1ccncc1)c1ccc(OCCCCCC(=O)O)cc1. The molecule has 7 heteroatoms. The number of anilines is 2. The highest BCUT2D eigenvalue weighted by atomic mass is 16.6. The highest BCUT2D eigenvalue weighted by Gasteiger charge is 2.24. The number of rotatable bonds is 9. The van der Waals surface area contributed by atoms with E-state index >= 15 is 0 Å². The van der Waals surface area contributed by atoms with Gasteiger partial charge in [0.05, 0.1) is 18.0 Å². The number of hydrogen-bond acceptors (Lipinski definition) is 5. The second-order valence-corrected chi connectivity index (χ2v) is 7.57. The number of aliphatic carboxylic acids is 1. The molecule has 156 valence electrons. The van der Waals surface area contributed by atoms with Crippen LogP contribution in [0.1, 0.15) is 46.5 Å². The molecule has 2 aromatic rings. The van der Waals surface area contributed by atoms with Gasteiger partial charge in [-0.05, 0) is 76.4 Å². The molecule has 0 aliphatic rings. The Morgan fingerprint density at radius 1 is 0.966 bits per heavy atom. The number of carboxylic acid groups (broad SMARTS) is 1. The number of benzene rings is 1. The number of nitrogens with zero attached hydrogens (tertiary/aromatic N) is 2. The van der Waals surface area contributed by atoms with Gasteiger partial charge in [0.15, 0.2) is 0 Å². The average molecular weight is 400 g/mol. The summed E-state index contributed by atoms with van der Waals surface area (Å²) >= 11 is 0. The van der Waals surface area contributed by atoms with Gasteiger partial charge in [-0.2, -0.15) is 0 Å². The molecule has 0 spiro atoms. The van der Waals surface area contributed by atoms with E-state index in [0.717, 1.165) is 12.8 Å². The van der Waals surface area contributed by atoms with Gasteiger partial charge in [0.25, 0.3) is 0 Å². The van der Waals surface area contributed by atoms with E-state index < -0.39 is 17.7 Å². The van der Waals surface area contributed by atoms with Crippen LogP contribution in [0.3, 0.4) is 0 Å². The average Bonchev–Trinajstić information content (AvgIpc) is 2.65. The van der Waals surface area contributed by atoms with Crippen LogP contribution in [-0.2, 0) is 9.53 Å². The second kappa shape index (κ2) is 10.5. The minimum absolute atomic E-state index is 0.185. The Labute approximate surface area is 171 Å². The van der Waals surface area contributed by atoms with Crippen LogP contribution in [0.25, 0.3) is 0 Å². The lowest BCUT2D eigenvalue weighted by molar-refractivity contribution is -0.137. The van der Waals surface area contributed by atoms with Crippen LogP contribution < -0.4 is 9.64 Å². The third-order valence-corrected chi connectivity index (χ3v) is 3.90. The Kier molecular flexibility index (Phi) is 8.00. The molecule has 0 radical (unpaired) electrons. The summed E-state index contributed by atoms with van der Waals surface area (Å²) in [4.78, 5) is 28.8. The number of carbonyl (C=O) groups excluding carboxylic acids is 1. The molecule has 29 heavy (non-hydrogen) atoms. The lowest BCUT2D eigenvalue weighted by Crippen LogP contribution is -2.33. The van der Waals surface area contributed by atoms with Crippen molar-refractivity contribution in [3.05, 3.63) is 48.8 Å². The first-order chi connectivity index (χ1) is 13.8. The van der Waals surface area contributed by atoms with Crippen molar-refractivity contribution in [2.45, 2.75) is 52.1 Å². The van der Waals surface area contributed by atoms with E-state index in [1.54, 1.807) is 48.8 Å². The summed E-state index contributed by atoms with van der Waals surface area (Å²) in [5, 5.41) is 8.63. The molecule has 1 heterocycles. The van der Waals surface area contributed by atoms with E-state index in [2.05, 4.69) is 4.98 Å². The molecule has 1 aromatic heterocycles. The third-order valence-electron chi connectivity index (χ3n) is 3.90. The molecule has 7 nitrogen and oxygen atoms in total. The summed E-state index contributed by atoms with van der Waals surface area (Å²) in [6.07, 6.45) is 5.19. The predicted molar refractivity (Wildman–Crippen MR) is 111 cm³/mol. The van der Waals surface area contributed by atoms with Crippen molar-refractivity contribution in [1.29, 1.82) is 0 Å². The molecule has 1 amide bonds. The van der Waals surface area contributed by atoms with Gasteiger partial charge in [-0.15, -0.1) is 0 Å². The molecular formula is C22H28N2O5. The van der Waals surface area contributed by atoms with E-state index in [1.807, 2.05) is 20.8 Å². The maximum absolute atomic E-state index is 12.8. The van der Waals surface area contributed by atoms with Crippen LogP contribution in [0.4, 0.5) is 16.2 Å². The van der Waals surface area contributed by atoms with E-state index in [9.17, 15) is 9.59 Å².